The number of ether oxygens (including phenoxy) is 1. The van der Waals surface area contributed by atoms with E-state index in [4.69, 9.17) is 4.74 Å². The second-order valence-corrected chi connectivity index (χ2v) is 6.70. The van der Waals surface area contributed by atoms with Gasteiger partial charge in [-0.15, -0.1) is 0 Å². The van der Waals surface area contributed by atoms with Crippen molar-refractivity contribution >= 4 is 34.8 Å². The number of piperidine rings is 1. The van der Waals surface area contributed by atoms with Crippen molar-refractivity contribution in [2.24, 2.45) is 5.92 Å². The van der Waals surface area contributed by atoms with E-state index in [1.807, 2.05) is 0 Å². The minimum atomic E-state index is -0.529. The number of Topliss-reactive ketones (excluding diaryl/α,β-unsaturated/α-hetero) is 1. The zero-order chi connectivity index (χ0) is 21.0. The second kappa shape index (κ2) is 8.63. The van der Waals surface area contributed by atoms with Crippen LogP contribution in [0.2, 0.25) is 0 Å². The van der Waals surface area contributed by atoms with Gasteiger partial charge in [0.25, 0.3) is 0 Å². The predicted octanol–water partition coefficient (Wildman–Crippen LogP) is 2.72. The molecule has 1 aliphatic rings. The number of rotatable bonds is 6. The predicted molar refractivity (Wildman–Crippen MR) is 105 cm³/mol. The van der Waals surface area contributed by atoms with Crippen molar-refractivity contribution in [1.29, 1.82) is 0 Å². The Labute approximate surface area is 167 Å². The van der Waals surface area contributed by atoms with Gasteiger partial charge in [-0.05, 0) is 31.9 Å². The maximum absolute atomic E-state index is 11.8. The molecule has 152 valence electrons. The number of esters is 1. The molecule has 2 aromatic rings. The number of hydrogen-bond donors (Lipinski definition) is 1. The van der Waals surface area contributed by atoms with E-state index in [-0.39, 0.29) is 35.0 Å². The van der Waals surface area contributed by atoms with Crippen LogP contribution in [-0.4, -0.2) is 46.8 Å². The molecule has 0 spiro atoms. The lowest BCUT2D eigenvalue weighted by Gasteiger charge is -2.31. The molecule has 0 amide bonds. The first kappa shape index (κ1) is 20.2. The number of methoxy groups -OCH3 is 1. The Morgan fingerprint density at radius 2 is 2.00 bits per heavy atom. The Balaban J connectivity index is 1.87. The second-order valence-electron chi connectivity index (χ2n) is 6.70. The third-order valence-electron chi connectivity index (χ3n) is 4.85. The topological polar surface area (TPSA) is 128 Å². The Hall–Kier alpha value is -3.56. The summed E-state index contributed by atoms with van der Waals surface area (Å²) in [7, 11) is 1.35. The molecule has 1 aromatic carbocycles. The van der Waals surface area contributed by atoms with Crippen molar-refractivity contribution < 1.29 is 19.2 Å². The van der Waals surface area contributed by atoms with Gasteiger partial charge in [0.15, 0.2) is 5.78 Å². The monoisotopic (exact) mass is 399 g/mol. The molecule has 0 aliphatic carbocycles. The molecule has 0 bridgehead atoms. The molecule has 0 saturated carbocycles. The molecule has 2 heterocycles. The quantitative estimate of drug-likeness (QED) is 0.337. The molecule has 10 nitrogen and oxygen atoms in total. The van der Waals surface area contributed by atoms with E-state index < -0.39 is 4.92 Å². The maximum atomic E-state index is 11.8. The molecular formula is C19H21N5O5. The average Bonchev–Trinajstić information content (AvgIpc) is 2.73. The largest absolute Gasteiger partial charge is 0.469 e. The van der Waals surface area contributed by atoms with Crippen LogP contribution in [0.3, 0.4) is 0 Å². The molecule has 10 heteroatoms. The van der Waals surface area contributed by atoms with Crippen molar-refractivity contribution in [3.8, 4) is 0 Å². The van der Waals surface area contributed by atoms with Gasteiger partial charge in [-0.1, -0.05) is 12.1 Å². The summed E-state index contributed by atoms with van der Waals surface area (Å²) in [6.07, 6.45) is 2.31. The number of hydrogen-bond acceptors (Lipinski definition) is 9. The van der Waals surface area contributed by atoms with Crippen LogP contribution in [0, 0.1) is 16.0 Å². The molecular weight excluding hydrogens is 378 g/mol. The van der Waals surface area contributed by atoms with Crippen molar-refractivity contribution in [3.05, 3.63) is 46.3 Å². The summed E-state index contributed by atoms with van der Waals surface area (Å²) in [4.78, 5) is 44.5. The number of carbonyl (C=O) groups excluding carboxylic acids is 2. The van der Waals surface area contributed by atoms with Gasteiger partial charge in [-0.2, -0.15) is 0 Å². The van der Waals surface area contributed by atoms with Crippen LogP contribution in [0.4, 0.5) is 23.0 Å². The van der Waals surface area contributed by atoms with Gasteiger partial charge < -0.3 is 15.0 Å². The fourth-order valence-electron chi connectivity index (χ4n) is 3.31. The van der Waals surface area contributed by atoms with Crippen molar-refractivity contribution in [1.82, 2.24) is 9.97 Å². The standard InChI is InChI=1S/C19H21N5O5/c1-12(25)14-4-3-5-15(10-14)22-17-16(24(27)28)18(21-11-20-17)23-8-6-13(7-9-23)19(26)29-2/h3-5,10-11,13H,6-9H2,1-2H3,(H,20,21,22). The highest BCUT2D eigenvalue weighted by molar-refractivity contribution is 5.95. The first-order valence-electron chi connectivity index (χ1n) is 9.11. The highest BCUT2D eigenvalue weighted by atomic mass is 16.6. The molecule has 0 atom stereocenters. The average molecular weight is 399 g/mol. The van der Waals surface area contributed by atoms with E-state index in [0.717, 1.165) is 0 Å². The maximum Gasteiger partial charge on any atom is 0.353 e. The summed E-state index contributed by atoms with van der Waals surface area (Å²) in [5.41, 5.74) is 0.740. The van der Waals surface area contributed by atoms with Crippen molar-refractivity contribution in [2.75, 3.05) is 30.4 Å². The number of carbonyl (C=O) groups is 2. The van der Waals surface area contributed by atoms with Crippen LogP contribution in [0.5, 0.6) is 0 Å². The number of nitrogens with one attached hydrogen (secondary N) is 1. The third kappa shape index (κ3) is 4.48. The molecule has 0 unspecified atom stereocenters. The summed E-state index contributed by atoms with van der Waals surface area (Å²) in [6.45, 7) is 2.33. The molecule has 1 N–H and O–H groups in total. The van der Waals surface area contributed by atoms with Crippen LogP contribution < -0.4 is 10.2 Å². The van der Waals surface area contributed by atoms with Gasteiger partial charge in [0.2, 0.25) is 11.6 Å². The molecule has 1 aromatic heterocycles. The fraction of sp³-hybridized carbons (Fsp3) is 0.368. The molecule has 0 radical (unpaired) electrons. The summed E-state index contributed by atoms with van der Waals surface area (Å²) >= 11 is 0. The molecule has 29 heavy (non-hydrogen) atoms. The van der Waals surface area contributed by atoms with E-state index in [0.29, 0.717) is 37.2 Å². The first-order valence-corrected chi connectivity index (χ1v) is 9.11. The first-order chi connectivity index (χ1) is 13.9. The van der Waals surface area contributed by atoms with Crippen LogP contribution in [0.15, 0.2) is 30.6 Å². The van der Waals surface area contributed by atoms with E-state index in [9.17, 15) is 19.7 Å². The lowest BCUT2D eigenvalue weighted by atomic mass is 9.97. The van der Waals surface area contributed by atoms with E-state index in [1.54, 1.807) is 29.2 Å². The smallest absolute Gasteiger partial charge is 0.353 e. The van der Waals surface area contributed by atoms with Gasteiger partial charge >= 0.3 is 11.7 Å². The van der Waals surface area contributed by atoms with E-state index >= 15 is 0 Å². The minimum absolute atomic E-state index is 0.0378. The Bertz CT molecular complexity index is 940. The van der Waals surface area contributed by atoms with Gasteiger partial charge in [0.05, 0.1) is 18.0 Å². The number of aromatic nitrogens is 2. The minimum Gasteiger partial charge on any atom is -0.469 e. The Morgan fingerprint density at radius 1 is 1.28 bits per heavy atom. The van der Waals surface area contributed by atoms with Crippen LogP contribution in [-0.2, 0) is 9.53 Å². The summed E-state index contributed by atoms with van der Waals surface area (Å²) in [5.74, 6) is -0.368. The summed E-state index contributed by atoms with van der Waals surface area (Å²) < 4.78 is 4.78. The van der Waals surface area contributed by atoms with E-state index in [1.165, 1.54) is 20.4 Å². The number of nitro groups is 1. The SMILES string of the molecule is COC(=O)C1CCN(c2ncnc(Nc3cccc(C(C)=O)c3)c2[N+](=O)[O-])CC1. The van der Waals surface area contributed by atoms with Crippen molar-refractivity contribution in [3.63, 3.8) is 0 Å². The van der Waals surface area contributed by atoms with Crippen molar-refractivity contribution in [2.45, 2.75) is 19.8 Å². The van der Waals surface area contributed by atoms with Crippen LogP contribution in [0.1, 0.15) is 30.1 Å². The number of nitrogens with zero attached hydrogens (tertiary/aromatic N) is 4. The molecule has 1 aliphatic heterocycles. The Morgan fingerprint density at radius 3 is 2.62 bits per heavy atom. The lowest BCUT2D eigenvalue weighted by molar-refractivity contribution is -0.383. The zero-order valence-electron chi connectivity index (χ0n) is 16.1. The molecule has 3 rings (SSSR count). The fourth-order valence-corrected chi connectivity index (χ4v) is 3.31. The van der Waals surface area contributed by atoms with Crippen LogP contribution in [0.25, 0.3) is 0 Å². The van der Waals surface area contributed by atoms with E-state index in [2.05, 4.69) is 15.3 Å². The van der Waals surface area contributed by atoms with Crippen LogP contribution >= 0.6 is 0 Å². The lowest BCUT2D eigenvalue weighted by Crippen LogP contribution is -2.37. The number of ketones is 1. The molecule has 1 saturated heterocycles. The third-order valence-corrected chi connectivity index (χ3v) is 4.85. The number of anilines is 3. The van der Waals surface area contributed by atoms with Gasteiger partial charge in [-0.3, -0.25) is 19.7 Å². The zero-order valence-corrected chi connectivity index (χ0v) is 16.1. The highest BCUT2D eigenvalue weighted by Gasteiger charge is 2.32. The van der Waals surface area contributed by atoms with Gasteiger partial charge in [0, 0.05) is 24.3 Å². The Kier molecular flexibility index (Phi) is 6.01. The van der Waals surface area contributed by atoms with Gasteiger partial charge in [-0.25, -0.2) is 9.97 Å². The van der Waals surface area contributed by atoms with Gasteiger partial charge in [0.1, 0.15) is 6.33 Å². The summed E-state index contributed by atoms with van der Waals surface area (Å²) in [5, 5.41) is 14.7. The summed E-state index contributed by atoms with van der Waals surface area (Å²) in [6, 6.07) is 6.65. The normalized spacial score (nSPS) is 14.3. The number of benzene rings is 1. The highest BCUT2D eigenvalue weighted by Crippen LogP contribution is 2.35. The molecule has 1 fully saturated rings.